The minimum absolute atomic E-state index is 0.244. The zero-order valence-electron chi connectivity index (χ0n) is 13.7. The third-order valence-electron chi connectivity index (χ3n) is 2.40. The summed E-state index contributed by atoms with van der Waals surface area (Å²) in [5.74, 6) is -0.244. The highest BCUT2D eigenvalue weighted by molar-refractivity contribution is 5.66. The van der Waals surface area contributed by atoms with Crippen LogP contribution in [0.3, 0.4) is 0 Å². The fourth-order valence-corrected chi connectivity index (χ4v) is 1.54. The Hall–Kier alpha value is -1.51. The molecule has 0 fully saturated rings. The number of nitrogens with one attached hydrogen (secondary N) is 1. The topological polar surface area (TPSA) is 38.3 Å². The quantitative estimate of drug-likeness (QED) is 0.822. The van der Waals surface area contributed by atoms with E-state index in [1.54, 1.807) is 0 Å². The molecular weight excluding hydrogens is 238 g/mol. The molecule has 0 bridgehead atoms. The van der Waals surface area contributed by atoms with E-state index in [0.717, 1.165) is 22.4 Å². The number of carbonyl (C=O) groups excluding carboxylic acids is 1. The summed E-state index contributed by atoms with van der Waals surface area (Å²) in [4.78, 5) is 10.7. The molecule has 0 unspecified atom stereocenters. The predicted molar refractivity (Wildman–Crippen MR) is 83.6 cm³/mol. The molecule has 0 aliphatic heterocycles. The first-order valence-corrected chi connectivity index (χ1v) is 6.96. The van der Waals surface area contributed by atoms with Gasteiger partial charge in [0, 0.05) is 19.7 Å². The van der Waals surface area contributed by atoms with Crippen molar-refractivity contribution in [1.29, 1.82) is 0 Å². The first-order chi connectivity index (χ1) is 9.04. The van der Waals surface area contributed by atoms with Gasteiger partial charge in [0.15, 0.2) is 0 Å². The molecule has 3 heteroatoms. The van der Waals surface area contributed by atoms with E-state index in [1.165, 1.54) is 6.92 Å². The van der Waals surface area contributed by atoms with Crippen LogP contribution in [-0.2, 0) is 16.1 Å². The monoisotopic (exact) mass is 267 g/mol. The van der Waals surface area contributed by atoms with Gasteiger partial charge in [0.2, 0.25) is 0 Å². The van der Waals surface area contributed by atoms with Crippen LogP contribution in [0.25, 0.3) is 0 Å². The third kappa shape index (κ3) is 7.50. The number of ether oxygens (including phenoxy) is 1. The van der Waals surface area contributed by atoms with Crippen molar-refractivity contribution in [2.24, 2.45) is 0 Å². The molecule has 1 N–H and O–H groups in total. The second kappa shape index (κ2) is 11.6. The average molecular weight is 267 g/mol. The normalized spacial score (nSPS) is 8.42. The van der Waals surface area contributed by atoms with Crippen molar-refractivity contribution in [2.45, 2.75) is 55.1 Å². The first-order valence-electron chi connectivity index (χ1n) is 6.96. The SMILES string of the molecule is CC.CC.CNc1cc(C)c(COC(C)=O)c(C)c1. The lowest BCUT2D eigenvalue weighted by Crippen LogP contribution is -2.03. The molecule has 1 aromatic rings. The van der Waals surface area contributed by atoms with Gasteiger partial charge in [-0.2, -0.15) is 0 Å². The van der Waals surface area contributed by atoms with Gasteiger partial charge in [-0.3, -0.25) is 4.79 Å². The van der Waals surface area contributed by atoms with Crippen LogP contribution in [0.1, 0.15) is 51.3 Å². The van der Waals surface area contributed by atoms with E-state index < -0.39 is 0 Å². The largest absolute Gasteiger partial charge is 0.461 e. The maximum absolute atomic E-state index is 10.7. The van der Waals surface area contributed by atoms with Gasteiger partial charge < -0.3 is 10.1 Å². The van der Waals surface area contributed by atoms with Gasteiger partial charge in [-0.25, -0.2) is 0 Å². The maximum atomic E-state index is 10.7. The van der Waals surface area contributed by atoms with E-state index in [1.807, 2.05) is 60.7 Å². The van der Waals surface area contributed by atoms with Crippen molar-refractivity contribution in [3.05, 3.63) is 28.8 Å². The second-order valence-corrected chi connectivity index (χ2v) is 3.62. The number of esters is 1. The van der Waals surface area contributed by atoms with E-state index >= 15 is 0 Å². The molecule has 0 aromatic heterocycles. The van der Waals surface area contributed by atoms with E-state index in [0.29, 0.717) is 6.61 Å². The number of carbonyl (C=O) groups is 1. The van der Waals surface area contributed by atoms with Crippen LogP contribution in [0.5, 0.6) is 0 Å². The van der Waals surface area contributed by atoms with Crippen molar-refractivity contribution in [2.75, 3.05) is 12.4 Å². The van der Waals surface area contributed by atoms with Gasteiger partial charge in [-0.05, 0) is 42.7 Å². The molecule has 110 valence electrons. The van der Waals surface area contributed by atoms with Crippen molar-refractivity contribution in [1.82, 2.24) is 0 Å². The Morgan fingerprint density at radius 2 is 1.53 bits per heavy atom. The zero-order chi connectivity index (χ0) is 15.4. The van der Waals surface area contributed by atoms with Crippen molar-refractivity contribution in [3.8, 4) is 0 Å². The highest BCUT2D eigenvalue weighted by Crippen LogP contribution is 2.20. The number of benzene rings is 1. The molecule has 0 spiro atoms. The summed E-state index contributed by atoms with van der Waals surface area (Å²) in [5.41, 5.74) is 4.45. The Balaban J connectivity index is 0. The van der Waals surface area contributed by atoms with Crippen LogP contribution in [0.2, 0.25) is 0 Å². The van der Waals surface area contributed by atoms with Gasteiger partial charge in [0.05, 0.1) is 0 Å². The number of rotatable bonds is 3. The van der Waals surface area contributed by atoms with Gasteiger partial charge >= 0.3 is 5.97 Å². The van der Waals surface area contributed by atoms with Crippen LogP contribution < -0.4 is 5.32 Å². The number of hydrogen-bond acceptors (Lipinski definition) is 3. The molecule has 0 radical (unpaired) electrons. The molecule has 0 saturated carbocycles. The second-order valence-electron chi connectivity index (χ2n) is 3.62. The van der Waals surface area contributed by atoms with Gasteiger partial charge in [0.1, 0.15) is 6.61 Å². The van der Waals surface area contributed by atoms with Crippen molar-refractivity contribution >= 4 is 11.7 Å². The lowest BCUT2D eigenvalue weighted by Gasteiger charge is -2.12. The van der Waals surface area contributed by atoms with Crippen LogP contribution in [0.15, 0.2) is 12.1 Å². The molecule has 19 heavy (non-hydrogen) atoms. The maximum Gasteiger partial charge on any atom is 0.302 e. The molecule has 1 rings (SSSR count). The molecule has 3 nitrogen and oxygen atoms in total. The molecule has 0 atom stereocenters. The van der Waals surface area contributed by atoms with E-state index in [-0.39, 0.29) is 5.97 Å². The molecule has 1 aromatic carbocycles. The van der Waals surface area contributed by atoms with E-state index in [2.05, 4.69) is 5.32 Å². The summed E-state index contributed by atoms with van der Waals surface area (Å²) in [7, 11) is 1.89. The van der Waals surface area contributed by atoms with Crippen molar-refractivity contribution in [3.63, 3.8) is 0 Å². The fraction of sp³-hybridized carbons (Fsp3) is 0.562. The highest BCUT2D eigenvalue weighted by Gasteiger charge is 2.06. The summed E-state index contributed by atoms with van der Waals surface area (Å²) >= 11 is 0. The summed E-state index contributed by atoms with van der Waals surface area (Å²) in [6.45, 7) is 13.8. The summed E-state index contributed by atoms with van der Waals surface area (Å²) < 4.78 is 5.00. The van der Waals surface area contributed by atoms with E-state index in [4.69, 9.17) is 4.74 Å². The van der Waals surface area contributed by atoms with Crippen LogP contribution in [0, 0.1) is 13.8 Å². The van der Waals surface area contributed by atoms with Gasteiger partial charge in [-0.1, -0.05) is 27.7 Å². The number of anilines is 1. The van der Waals surface area contributed by atoms with Gasteiger partial charge in [-0.15, -0.1) is 0 Å². The van der Waals surface area contributed by atoms with Crippen LogP contribution in [-0.4, -0.2) is 13.0 Å². The minimum Gasteiger partial charge on any atom is -0.461 e. The predicted octanol–water partition coefficient (Wildman–Crippen LogP) is 4.46. The fourth-order valence-electron chi connectivity index (χ4n) is 1.54. The summed E-state index contributed by atoms with van der Waals surface area (Å²) in [5, 5.41) is 3.09. The standard InChI is InChI=1S/C12H17NO2.2C2H6/c1-8-5-11(13-4)6-9(2)12(8)7-15-10(3)14;2*1-2/h5-6,13H,7H2,1-4H3;2*1-2H3. The molecule has 0 aliphatic carbocycles. The Labute approximate surface area is 118 Å². The zero-order valence-corrected chi connectivity index (χ0v) is 13.7. The van der Waals surface area contributed by atoms with Crippen molar-refractivity contribution < 1.29 is 9.53 Å². The number of hydrogen-bond donors (Lipinski definition) is 1. The third-order valence-corrected chi connectivity index (χ3v) is 2.40. The molecule has 0 saturated heterocycles. The molecule has 0 aliphatic rings. The minimum atomic E-state index is -0.244. The highest BCUT2D eigenvalue weighted by atomic mass is 16.5. The van der Waals surface area contributed by atoms with Crippen LogP contribution in [0.4, 0.5) is 5.69 Å². The Morgan fingerprint density at radius 1 is 1.11 bits per heavy atom. The summed E-state index contributed by atoms with van der Waals surface area (Å²) in [6.07, 6.45) is 0. The summed E-state index contributed by atoms with van der Waals surface area (Å²) in [6, 6.07) is 4.09. The average Bonchev–Trinajstić information content (AvgIpc) is 2.41. The Morgan fingerprint density at radius 3 is 1.84 bits per heavy atom. The molecular formula is C16H29NO2. The molecule has 0 amide bonds. The Bertz CT molecular complexity index is 350. The van der Waals surface area contributed by atoms with Crippen LogP contribution >= 0.6 is 0 Å². The van der Waals surface area contributed by atoms with Gasteiger partial charge in [0.25, 0.3) is 0 Å². The Kier molecular flexibility index (Phi) is 12.1. The smallest absolute Gasteiger partial charge is 0.302 e. The molecule has 0 heterocycles. The number of aryl methyl sites for hydroxylation is 2. The first kappa shape index (κ1) is 19.8. The lowest BCUT2D eigenvalue weighted by atomic mass is 10.0. The lowest BCUT2D eigenvalue weighted by molar-refractivity contribution is -0.142. The van der Waals surface area contributed by atoms with E-state index in [9.17, 15) is 4.79 Å².